The number of rotatable bonds is 2. The van der Waals surface area contributed by atoms with Crippen LogP contribution < -0.4 is 5.73 Å². The predicted molar refractivity (Wildman–Crippen MR) is 47.5 cm³/mol. The van der Waals surface area contributed by atoms with Gasteiger partial charge in [-0.1, -0.05) is 0 Å². The molecule has 7 nitrogen and oxygen atoms in total. The van der Waals surface area contributed by atoms with E-state index in [0.29, 0.717) is 0 Å². The highest BCUT2D eigenvalue weighted by molar-refractivity contribution is 5.66. The molecule has 0 aromatic rings. The lowest BCUT2D eigenvalue weighted by Gasteiger charge is -2.39. The second-order valence-electron chi connectivity index (χ2n) is 3.36. The minimum absolute atomic E-state index is 0.0535. The fourth-order valence-electron chi connectivity index (χ4n) is 1.43. The number of nitrogens with two attached hydrogens (primary N) is 1. The van der Waals surface area contributed by atoms with Crippen molar-refractivity contribution in [1.82, 2.24) is 0 Å². The zero-order valence-corrected chi connectivity index (χ0v) is 8.24. The van der Waals surface area contributed by atoms with Crippen molar-refractivity contribution in [1.29, 1.82) is 0 Å². The molecule has 1 fully saturated rings. The molecule has 5 atom stereocenters. The summed E-state index contributed by atoms with van der Waals surface area (Å²) >= 11 is 0. The second kappa shape index (κ2) is 4.86. The first-order valence-corrected chi connectivity index (χ1v) is 4.54. The van der Waals surface area contributed by atoms with Gasteiger partial charge in [-0.25, -0.2) is 0 Å². The largest absolute Gasteiger partial charge is 0.454 e. The molecule has 1 heterocycles. The van der Waals surface area contributed by atoms with Gasteiger partial charge in [-0.15, -0.1) is 0 Å². The van der Waals surface area contributed by atoms with E-state index < -0.39 is 36.7 Å². The summed E-state index contributed by atoms with van der Waals surface area (Å²) in [6.07, 6.45) is -6.35. The lowest BCUT2D eigenvalue weighted by atomic mass is 9.99. The maximum atomic E-state index is 10.7. The van der Waals surface area contributed by atoms with Crippen molar-refractivity contribution in [2.24, 2.45) is 5.73 Å². The maximum absolute atomic E-state index is 10.7. The number of carbonyl (C=O) groups is 1. The molecule has 1 unspecified atom stereocenters. The molecule has 0 radical (unpaired) electrons. The molecular formula is C8H15NO6. The molecule has 15 heavy (non-hydrogen) atoms. The molecule has 5 N–H and O–H groups in total. The van der Waals surface area contributed by atoms with Crippen LogP contribution in [-0.2, 0) is 14.3 Å². The van der Waals surface area contributed by atoms with Crippen LogP contribution in [0.2, 0.25) is 0 Å². The third-order valence-electron chi connectivity index (χ3n) is 2.20. The standard InChI is InChI=1S/C8H15NO6/c1-3(10)14-7-6(12)5(11)4(2-9)15-8(7)13/h4-8,11-13H,2,9H2,1H3/t4-,5+,6+,7-,8?/m1/s1. The molecule has 1 aliphatic rings. The number of esters is 1. The van der Waals surface area contributed by atoms with Gasteiger partial charge in [-0.3, -0.25) is 4.79 Å². The minimum atomic E-state index is -1.49. The molecule has 88 valence electrons. The monoisotopic (exact) mass is 221 g/mol. The van der Waals surface area contributed by atoms with Crippen LogP contribution in [0.4, 0.5) is 0 Å². The molecule has 1 aliphatic heterocycles. The molecule has 0 spiro atoms. The van der Waals surface area contributed by atoms with Crippen LogP contribution in [0.1, 0.15) is 6.92 Å². The van der Waals surface area contributed by atoms with Crippen LogP contribution >= 0.6 is 0 Å². The van der Waals surface area contributed by atoms with Crippen molar-refractivity contribution < 1.29 is 29.6 Å². The highest BCUT2D eigenvalue weighted by atomic mass is 16.7. The summed E-state index contributed by atoms with van der Waals surface area (Å²) < 4.78 is 9.49. The summed E-state index contributed by atoms with van der Waals surface area (Å²) in [6, 6.07) is 0. The van der Waals surface area contributed by atoms with Crippen LogP contribution in [0.25, 0.3) is 0 Å². The Bertz CT molecular complexity index is 235. The van der Waals surface area contributed by atoms with E-state index in [4.69, 9.17) is 10.5 Å². The Morgan fingerprint density at radius 1 is 1.40 bits per heavy atom. The number of ether oxygens (including phenoxy) is 2. The topological polar surface area (TPSA) is 122 Å². The zero-order chi connectivity index (χ0) is 11.6. The van der Waals surface area contributed by atoms with Crippen LogP contribution in [-0.4, -0.2) is 58.5 Å². The first-order chi connectivity index (χ1) is 6.97. The molecule has 0 amide bonds. The number of hydrogen-bond donors (Lipinski definition) is 4. The van der Waals surface area contributed by atoms with Crippen LogP contribution in [0.5, 0.6) is 0 Å². The van der Waals surface area contributed by atoms with Crippen LogP contribution in [0.15, 0.2) is 0 Å². The maximum Gasteiger partial charge on any atom is 0.303 e. The van der Waals surface area contributed by atoms with Gasteiger partial charge in [-0.05, 0) is 0 Å². The number of hydrogen-bond acceptors (Lipinski definition) is 7. The summed E-state index contributed by atoms with van der Waals surface area (Å²) in [4.78, 5) is 10.7. The van der Waals surface area contributed by atoms with Crippen molar-refractivity contribution in [2.45, 2.75) is 37.6 Å². The first-order valence-electron chi connectivity index (χ1n) is 4.54. The Kier molecular flexibility index (Phi) is 4.00. The molecule has 0 bridgehead atoms. The smallest absolute Gasteiger partial charge is 0.303 e. The molecule has 1 rings (SSSR count). The predicted octanol–water partition coefficient (Wildman–Crippen LogP) is -2.68. The van der Waals surface area contributed by atoms with E-state index in [-0.39, 0.29) is 6.54 Å². The van der Waals surface area contributed by atoms with Gasteiger partial charge in [0, 0.05) is 13.5 Å². The lowest BCUT2D eigenvalue weighted by molar-refractivity contribution is -0.283. The summed E-state index contributed by atoms with van der Waals surface area (Å²) in [5.41, 5.74) is 5.25. The summed E-state index contributed by atoms with van der Waals surface area (Å²) in [5, 5.41) is 28.4. The Balaban J connectivity index is 2.70. The van der Waals surface area contributed by atoms with Crippen molar-refractivity contribution >= 4 is 5.97 Å². The highest BCUT2D eigenvalue weighted by Crippen LogP contribution is 2.21. The normalized spacial score (nSPS) is 41.3. The van der Waals surface area contributed by atoms with Crippen molar-refractivity contribution in [3.8, 4) is 0 Å². The van der Waals surface area contributed by atoms with Gasteiger partial charge in [0.2, 0.25) is 0 Å². The summed E-state index contributed by atoms with van der Waals surface area (Å²) in [7, 11) is 0. The van der Waals surface area contributed by atoms with Gasteiger partial charge in [0.15, 0.2) is 12.4 Å². The number of carbonyl (C=O) groups excluding carboxylic acids is 1. The first kappa shape index (κ1) is 12.3. The summed E-state index contributed by atoms with van der Waals surface area (Å²) in [6.45, 7) is 1.07. The molecular weight excluding hydrogens is 206 g/mol. The lowest BCUT2D eigenvalue weighted by Crippen LogP contribution is -2.60. The second-order valence-corrected chi connectivity index (χ2v) is 3.36. The minimum Gasteiger partial charge on any atom is -0.454 e. The fourth-order valence-corrected chi connectivity index (χ4v) is 1.43. The van der Waals surface area contributed by atoms with E-state index in [9.17, 15) is 20.1 Å². The fraction of sp³-hybridized carbons (Fsp3) is 0.875. The Morgan fingerprint density at radius 2 is 2.00 bits per heavy atom. The molecule has 0 saturated carbocycles. The summed E-state index contributed by atoms with van der Waals surface area (Å²) in [5.74, 6) is -0.680. The Labute approximate surface area is 86.4 Å². The Hall–Kier alpha value is -0.730. The van der Waals surface area contributed by atoms with E-state index in [0.717, 1.165) is 6.92 Å². The van der Waals surface area contributed by atoms with Gasteiger partial charge in [0.05, 0.1) is 0 Å². The highest BCUT2D eigenvalue weighted by Gasteiger charge is 2.45. The third-order valence-corrected chi connectivity index (χ3v) is 2.20. The molecule has 0 aromatic heterocycles. The van der Waals surface area contributed by atoms with E-state index >= 15 is 0 Å². The van der Waals surface area contributed by atoms with Gasteiger partial charge in [-0.2, -0.15) is 0 Å². The quantitative estimate of drug-likeness (QED) is 0.375. The van der Waals surface area contributed by atoms with E-state index in [1.807, 2.05) is 0 Å². The van der Waals surface area contributed by atoms with E-state index in [1.165, 1.54) is 0 Å². The SMILES string of the molecule is CC(=O)O[C@H]1C(O)O[C@H](CN)[C@H](O)[C@@H]1O. The van der Waals surface area contributed by atoms with Crippen molar-refractivity contribution in [2.75, 3.05) is 6.54 Å². The van der Waals surface area contributed by atoms with Gasteiger partial charge >= 0.3 is 5.97 Å². The van der Waals surface area contributed by atoms with Crippen LogP contribution in [0.3, 0.4) is 0 Å². The van der Waals surface area contributed by atoms with Crippen LogP contribution in [0, 0.1) is 0 Å². The molecule has 7 heteroatoms. The van der Waals surface area contributed by atoms with Crippen molar-refractivity contribution in [3.05, 3.63) is 0 Å². The van der Waals surface area contributed by atoms with Gasteiger partial charge in [0.1, 0.15) is 18.3 Å². The molecule has 0 aliphatic carbocycles. The molecule has 1 saturated heterocycles. The Morgan fingerprint density at radius 3 is 2.47 bits per heavy atom. The van der Waals surface area contributed by atoms with E-state index in [1.54, 1.807) is 0 Å². The average Bonchev–Trinajstić information content (AvgIpc) is 2.18. The zero-order valence-electron chi connectivity index (χ0n) is 8.24. The van der Waals surface area contributed by atoms with Crippen molar-refractivity contribution in [3.63, 3.8) is 0 Å². The number of aliphatic hydroxyl groups excluding tert-OH is 3. The number of aliphatic hydroxyl groups is 3. The van der Waals surface area contributed by atoms with Gasteiger partial charge < -0.3 is 30.5 Å². The van der Waals surface area contributed by atoms with Gasteiger partial charge in [0.25, 0.3) is 0 Å². The van der Waals surface area contributed by atoms with E-state index in [2.05, 4.69) is 4.74 Å². The third kappa shape index (κ3) is 2.64. The average molecular weight is 221 g/mol. The molecule has 0 aromatic carbocycles.